The van der Waals surface area contributed by atoms with Crippen molar-refractivity contribution < 1.29 is 33.7 Å². The molecule has 1 unspecified atom stereocenters. The first-order valence-corrected chi connectivity index (χ1v) is 10.1. The number of aliphatic carboxylic acids is 1. The summed E-state index contributed by atoms with van der Waals surface area (Å²) in [5, 5.41) is 14.0. The second kappa shape index (κ2) is 10.7. The zero-order valence-electron chi connectivity index (χ0n) is 17.9. The molecule has 9 nitrogen and oxygen atoms in total. The predicted octanol–water partition coefficient (Wildman–Crippen LogP) is 2.10. The van der Waals surface area contributed by atoms with E-state index in [0.717, 1.165) is 22.3 Å². The summed E-state index contributed by atoms with van der Waals surface area (Å²) in [7, 11) is 2.81. The smallest absolute Gasteiger partial charge is 0.407 e. The Hall–Kier alpha value is -3.43. The number of benzene rings is 2. The predicted molar refractivity (Wildman–Crippen MR) is 115 cm³/mol. The van der Waals surface area contributed by atoms with E-state index in [4.69, 9.17) is 19.3 Å². The van der Waals surface area contributed by atoms with Crippen molar-refractivity contribution in [3.63, 3.8) is 0 Å². The number of ether oxygens (including phenoxy) is 3. The van der Waals surface area contributed by atoms with Gasteiger partial charge in [-0.1, -0.05) is 48.5 Å². The van der Waals surface area contributed by atoms with Gasteiger partial charge in [-0.2, -0.15) is 0 Å². The Kier molecular flexibility index (Phi) is 7.80. The van der Waals surface area contributed by atoms with E-state index in [1.165, 1.54) is 14.2 Å². The Labute approximate surface area is 185 Å². The van der Waals surface area contributed by atoms with E-state index in [-0.39, 0.29) is 19.1 Å². The molecule has 3 N–H and O–H groups in total. The number of hydrogen-bond donors (Lipinski definition) is 3. The van der Waals surface area contributed by atoms with Crippen molar-refractivity contribution in [2.45, 2.75) is 24.7 Å². The molecule has 0 aliphatic heterocycles. The Bertz CT molecular complexity index is 929. The summed E-state index contributed by atoms with van der Waals surface area (Å²) in [5.41, 5.74) is 4.27. The summed E-state index contributed by atoms with van der Waals surface area (Å²) in [6, 6.07) is 14.5. The third-order valence-corrected chi connectivity index (χ3v) is 5.30. The van der Waals surface area contributed by atoms with E-state index in [0.29, 0.717) is 0 Å². The molecule has 1 atom stereocenters. The SMILES string of the molecule is COC(CNC(=O)C(CC(=O)O)NC(=O)OCC1c2ccccc2-c2ccccc21)OC. The molecule has 9 heteroatoms. The van der Waals surface area contributed by atoms with Crippen molar-refractivity contribution in [1.29, 1.82) is 0 Å². The molecule has 2 amide bonds. The van der Waals surface area contributed by atoms with E-state index < -0.39 is 36.7 Å². The van der Waals surface area contributed by atoms with E-state index in [9.17, 15) is 14.4 Å². The summed E-state index contributed by atoms with van der Waals surface area (Å²) in [6.07, 6.45) is -2.16. The van der Waals surface area contributed by atoms with Gasteiger partial charge in [0.1, 0.15) is 12.6 Å². The molecule has 32 heavy (non-hydrogen) atoms. The zero-order chi connectivity index (χ0) is 23.1. The number of nitrogens with one attached hydrogen (secondary N) is 2. The van der Waals surface area contributed by atoms with Gasteiger partial charge in [0.2, 0.25) is 5.91 Å². The molecule has 0 saturated heterocycles. The molecule has 0 bridgehead atoms. The highest BCUT2D eigenvalue weighted by Gasteiger charge is 2.30. The van der Waals surface area contributed by atoms with Gasteiger partial charge in [-0.15, -0.1) is 0 Å². The number of carboxylic acids is 1. The average Bonchev–Trinajstić information content (AvgIpc) is 3.11. The van der Waals surface area contributed by atoms with Gasteiger partial charge in [0.25, 0.3) is 0 Å². The van der Waals surface area contributed by atoms with Crippen LogP contribution in [0.2, 0.25) is 0 Å². The molecule has 0 fully saturated rings. The minimum atomic E-state index is -1.31. The minimum Gasteiger partial charge on any atom is -0.481 e. The van der Waals surface area contributed by atoms with E-state index in [2.05, 4.69) is 10.6 Å². The molecule has 0 saturated carbocycles. The molecule has 2 aromatic rings. The number of carbonyl (C=O) groups is 3. The molecule has 1 aliphatic rings. The zero-order valence-corrected chi connectivity index (χ0v) is 17.9. The lowest BCUT2D eigenvalue weighted by molar-refractivity contribution is -0.140. The third kappa shape index (κ3) is 5.43. The average molecular weight is 442 g/mol. The topological polar surface area (TPSA) is 123 Å². The number of carbonyl (C=O) groups excluding carboxylic acids is 2. The van der Waals surface area contributed by atoms with Gasteiger partial charge in [-0.25, -0.2) is 4.79 Å². The first kappa shape index (κ1) is 23.2. The van der Waals surface area contributed by atoms with Crippen molar-refractivity contribution in [1.82, 2.24) is 10.6 Å². The van der Waals surface area contributed by atoms with Crippen LogP contribution in [0.3, 0.4) is 0 Å². The second-order valence-electron chi connectivity index (χ2n) is 7.27. The van der Waals surface area contributed by atoms with Crippen LogP contribution in [0.5, 0.6) is 0 Å². The Morgan fingerprint density at radius 1 is 0.969 bits per heavy atom. The summed E-state index contributed by atoms with van der Waals surface area (Å²) in [4.78, 5) is 36.0. The third-order valence-electron chi connectivity index (χ3n) is 5.30. The van der Waals surface area contributed by atoms with E-state index in [1.807, 2.05) is 48.5 Å². The fourth-order valence-electron chi connectivity index (χ4n) is 3.74. The van der Waals surface area contributed by atoms with Gasteiger partial charge in [-0.05, 0) is 22.3 Å². The molecule has 170 valence electrons. The number of alkyl carbamates (subject to hydrolysis) is 1. The van der Waals surface area contributed by atoms with Crippen LogP contribution in [0.4, 0.5) is 4.79 Å². The van der Waals surface area contributed by atoms with Gasteiger partial charge >= 0.3 is 12.1 Å². The van der Waals surface area contributed by atoms with Crippen LogP contribution < -0.4 is 10.6 Å². The summed E-state index contributed by atoms with van der Waals surface area (Å²) in [5.74, 6) is -2.07. The van der Waals surface area contributed by atoms with Crippen LogP contribution in [0.15, 0.2) is 48.5 Å². The Morgan fingerprint density at radius 3 is 2.06 bits per heavy atom. The van der Waals surface area contributed by atoms with Crippen LogP contribution in [-0.2, 0) is 23.8 Å². The molecule has 1 aliphatic carbocycles. The standard InChI is InChI=1S/C23H26N2O7/c1-30-21(31-2)12-24-22(28)19(11-20(26)27)25-23(29)32-13-18-16-9-5-3-7-14(16)15-8-4-6-10-17(15)18/h3-10,18-19,21H,11-13H2,1-2H3,(H,24,28)(H,25,29)(H,26,27). The normalized spacial score (nSPS) is 13.2. The molecule has 0 aromatic heterocycles. The minimum absolute atomic E-state index is 0.00563. The van der Waals surface area contributed by atoms with Crippen molar-refractivity contribution >= 4 is 18.0 Å². The first-order valence-electron chi connectivity index (χ1n) is 10.1. The number of hydrogen-bond acceptors (Lipinski definition) is 6. The van der Waals surface area contributed by atoms with Crippen molar-refractivity contribution in [2.75, 3.05) is 27.4 Å². The molecular formula is C23H26N2O7. The molecule has 2 aromatic carbocycles. The van der Waals surface area contributed by atoms with Gasteiger partial charge in [0.15, 0.2) is 6.29 Å². The van der Waals surface area contributed by atoms with Gasteiger partial charge in [-0.3, -0.25) is 9.59 Å². The maximum Gasteiger partial charge on any atom is 0.407 e. The molecular weight excluding hydrogens is 416 g/mol. The highest BCUT2D eigenvalue weighted by atomic mass is 16.7. The number of fused-ring (bicyclic) bond motifs is 3. The van der Waals surface area contributed by atoms with Crippen molar-refractivity contribution in [3.8, 4) is 11.1 Å². The maximum absolute atomic E-state index is 12.4. The van der Waals surface area contributed by atoms with Crippen LogP contribution in [0, 0.1) is 0 Å². The monoisotopic (exact) mass is 442 g/mol. The van der Waals surface area contributed by atoms with Crippen molar-refractivity contribution in [2.24, 2.45) is 0 Å². The quantitative estimate of drug-likeness (QED) is 0.482. The number of carboxylic acid groups (broad SMARTS) is 1. The fraction of sp³-hybridized carbons (Fsp3) is 0.348. The molecule has 0 radical (unpaired) electrons. The Morgan fingerprint density at radius 2 is 1.53 bits per heavy atom. The fourth-order valence-corrected chi connectivity index (χ4v) is 3.74. The van der Waals surface area contributed by atoms with Gasteiger partial charge < -0.3 is 30.0 Å². The van der Waals surface area contributed by atoms with Crippen molar-refractivity contribution in [3.05, 3.63) is 59.7 Å². The van der Waals surface area contributed by atoms with Crippen LogP contribution >= 0.6 is 0 Å². The Balaban J connectivity index is 1.63. The van der Waals surface area contributed by atoms with Crippen LogP contribution in [-0.4, -0.2) is 62.8 Å². The van der Waals surface area contributed by atoms with Gasteiger partial charge in [0.05, 0.1) is 13.0 Å². The highest BCUT2D eigenvalue weighted by molar-refractivity contribution is 5.89. The van der Waals surface area contributed by atoms with Gasteiger partial charge in [0, 0.05) is 20.1 Å². The number of rotatable bonds is 10. The molecule has 3 rings (SSSR count). The lowest BCUT2D eigenvalue weighted by Gasteiger charge is -2.20. The maximum atomic E-state index is 12.4. The largest absolute Gasteiger partial charge is 0.481 e. The number of methoxy groups -OCH3 is 2. The summed E-state index contributed by atoms with van der Waals surface area (Å²) in [6.45, 7) is 0.0466. The molecule has 0 heterocycles. The lowest BCUT2D eigenvalue weighted by atomic mass is 9.98. The first-order chi connectivity index (χ1) is 15.4. The lowest BCUT2D eigenvalue weighted by Crippen LogP contribution is -2.49. The summed E-state index contributed by atoms with van der Waals surface area (Å²) >= 11 is 0. The highest BCUT2D eigenvalue weighted by Crippen LogP contribution is 2.44. The van der Waals surface area contributed by atoms with Crippen LogP contribution in [0.1, 0.15) is 23.5 Å². The van der Waals surface area contributed by atoms with E-state index >= 15 is 0 Å². The summed E-state index contributed by atoms with van der Waals surface area (Å²) < 4.78 is 15.4. The number of amides is 2. The van der Waals surface area contributed by atoms with Crippen LogP contribution in [0.25, 0.3) is 11.1 Å². The molecule has 0 spiro atoms. The van der Waals surface area contributed by atoms with E-state index in [1.54, 1.807) is 0 Å². The second-order valence-corrected chi connectivity index (χ2v) is 7.27.